The number of carbonyl (C=O) groups excluding carboxylic acids is 2. The van der Waals surface area contributed by atoms with Gasteiger partial charge in [-0.3, -0.25) is 14.5 Å². The molecule has 1 aromatic heterocycles. The number of urea groups is 1. The molecule has 1 aromatic carbocycles. The van der Waals surface area contributed by atoms with E-state index in [0.717, 1.165) is 47.3 Å². The number of aryl methyl sites for hydroxylation is 2. The summed E-state index contributed by atoms with van der Waals surface area (Å²) in [4.78, 5) is 39.2. The van der Waals surface area contributed by atoms with E-state index >= 15 is 0 Å². The average molecular weight is 443 g/mol. The fraction of sp³-hybridized carbons (Fsp3) is 0.542. The van der Waals surface area contributed by atoms with Crippen LogP contribution in [0.2, 0.25) is 0 Å². The molecular formula is C24H30N2O6. The van der Waals surface area contributed by atoms with Crippen molar-refractivity contribution >= 4 is 28.9 Å². The van der Waals surface area contributed by atoms with Crippen LogP contribution in [0.1, 0.15) is 62.5 Å². The number of aliphatic carboxylic acids is 1. The topological polar surface area (TPSA) is 111 Å². The Bertz CT molecular complexity index is 1070. The molecule has 0 saturated carbocycles. The van der Waals surface area contributed by atoms with E-state index in [-0.39, 0.29) is 25.3 Å². The Morgan fingerprint density at radius 1 is 1.22 bits per heavy atom. The first-order chi connectivity index (χ1) is 15.1. The Labute approximate surface area is 186 Å². The summed E-state index contributed by atoms with van der Waals surface area (Å²) in [7, 11) is 1.56. The van der Waals surface area contributed by atoms with E-state index in [4.69, 9.17) is 4.42 Å². The van der Waals surface area contributed by atoms with Gasteiger partial charge in [0.05, 0.1) is 12.0 Å². The Hall–Kier alpha value is -2.87. The summed E-state index contributed by atoms with van der Waals surface area (Å²) >= 11 is 0. The van der Waals surface area contributed by atoms with E-state index < -0.39 is 29.6 Å². The summed E-state index contributed by atoms with van der Waals surface area (Å²) in [5.74, 6) is -1.30. The van der Waals surface area contributed by atoms with Gasteiger partial charge in [-0.2, -0.15) is 0 Å². The molecule has 8 heteroatoms. The monoisotopic (exact) mass is 442 g/mol. The van der Waals surface area contributed by atoms with Gasteiger partial charge >= 0.3 is 12.0 Å². The molecule has 32 heavy (non-hydrogen) atoms. The number of aliphatic hydroxyl groups excluding tert-OH is 1. The highest BCUT2D eigenvalue weighted by molar-refractivity contribution is 6.06. The summed E-state index contributed by atoms with van der Waals surface area (Å²) in [5, 5.41) is 21.5. The van der Waals surface area contributed by atoms with Crippen LogP contribution in [0.15, 0.2) is 22.6 Å². The lowest BCUT2D eigenvalue weighted by molar-refractivity contribution is -0.143. The molecule has 4 rings (SSSR count). The van der Waals surface area contributed by atoms with Crippen LogP contribution in [0.25, 0.3) is 11.0 Å². The first kappa shape index (κ1) is 22.3. The Balaban J connectivity index is 1.45. The van der Waals surface area contributed by atoms with Crippen molar-refractivity contribution < 1.29 is 29.0 Å². The fourth-order valence-electron chi connectivity index (χ4n) is 4.70. The normalized spacial score (nSPS) is 20.0. The van der Waals surface area contributed by atoms with Gasteiger partial charge in [0.25, 0.3) is 5.91 Å². The Morgan fingerprint density at radius 2 is 1.94 bits per heavy atom. The predicted octanol–water partition coefficient (Wildman–Crippen LogP) is 3.50. The predicted molar refractivity (Wildman–Crippen MR) is 117 cm³/mol. The second-order valence-electron chi connectivity index (χ2n) is 9.40. The lowest BCUT2D eigenvalue weighted by Gasteiger charge is -2.22. The van der Waals surface area contributed by atoms with Crippen LogP contribution in [-0.4, -0.2) is 57.1 Å². The fourth-order valence-corrected chi connectivity index (χ4v) is 4.70. The molecule has 1 aliphatic heterocycles. The lowest BCUT2D eigenvalue weighted by Crippen LogP contribution is -2.41. The molecular weight excluding hydrogens is 412 g/mol. The zero-order chi connectivity index (χ0) is 23.2. The van der Waals surface area contributed by atoms with Gasteiger partial charge in [0.1, 0.15) is 16.9 Å². The molecule has 1 saturated heterocycles. The summed E-state index contributed by atoms with van der Waals surface area (Å²) in [5.41, 5.74) is 1.61. The van der Waals surface area contributed by atoms with Crippen LogP contribution >= 0.6 is 0 Å². The molecule has 1 aliphatic carbocycles. The Kier molecular flexibility index (Phi) is 5.75. The van der Waals surface area contributed by atoms with E-state index in [0.29, 0.717) is 5.56 Å². The highest BCUT2D eigenvalue weighted by atomic mass is 16.4. The number of furan rings is 1. The van der Waals surface area contributed by atoms with Crippen LogP contribution in [0.3, 0.4) is 0 Å². The van der Waals surface area contributed by atoms with Crippen molar-refractivity contribution in [3.05, 3.63) is 35.1 Å². The number of likely N-dealkylation sites (N-methyl/N-ethyl adjacent to an activating group) is 1. The van der Waals surface area contributed by atoms with Gasteiger partial charge in [0.2, 0.25) is 0 Å². The number of nitrogens with zero attached hydrogens (tertiary/aromatic N) is 2. The molecule has 2 aromatic rings. The molecule has 3 amide bonds. The smallest absolute Gasteiger partial charge is 0.327 e. The minimum Gasteiger partial charge on any atom is -0.481 e. The number of fused-ring (bicyclic) bond motifs is 3. The molecule has 2 N–H and O–H groups in total. The molecule has 2 heterocycles. The maximum absolute atomic E-state index is 12.5. The van der Waals surface area contributed by atoms with Crippen LogP contribution in [0, 0.1) is 5.92 Å². The number of benzene rings is 1. The Morgan fingerprint density at radius 3 is 2.59 bits per heavy atom. The number of hydrogen-bond donors (Lipinski definition) is 2. The minimum absolute atomic E-state index is 0.000930. The van der Waals surface area contributed by atoms with Gasteiger partial charge in [-0.25, -0.2) is 4.79 Å². The van der Waals surface area contributed by atoms with E-state index in [1.807, 2.05) is 12.1 Å². The van der Waals surface area contributed by atoms with Crippen molar-refractivity contribution in [1.82, 2.24) is 9.80 Å². The molecule has 0 bridgehead atoms. The van der Waals surface area contributed by atoms with E-state index in [1.165, 1.54) is 10.5 Å². The minimum atomic E-state index is -1.06. The molecule has 2 atom stereocenters. The van der Waals surface area contributed by atoms with Gasteiger partial charge < -0.3 is 19.5 Å². The summed E-state index contributed by atoms with van der Waals surface area (Å²) in [6.45, 7) is 3.32. The summed E-state index contributed by atoms with van der Waals surface area (Å²) in [6, 6.07) is 5.12. The molecule has 1 fully saturated rings. The largest absolute Gasteiger partial charge is 0.481 e. The number of rotatable bonds is 7. The summed E-state index contributed by atoms with van der Waals surface area (Å²) in [6.07, 6.45) is 3.22. The zero-order valence-electron chi connectivity index (χ0n) is 18.8. The number of carboxylic acids is 1. The lowest BCUT2D eigenvalue weighted by atomic mass is 9.92. The molecule has 2 unspecified atom stereocenters. The third-order valence-electron chi connectivity index (χ3n) is 7.05. The first-order valence-corrected chi connectivity index (χ1v) is 11.2. The third kappa shape index (κ3) is 3.77. The number of carboxylic acid groups (broad SMARTS) is 1. The standard InChI is InChI=1S/C24H30N2O6/c1-24(2)22(30)26(23(31)25(24)3)11-10-15(21(28)29)12-18(27)14-8-9-17-16-6-4-5-7-19(16)32-20(17)13-14/h8-9,13,15,18,27H,4-7,10-12H2,1-3H3,(H,28,29). The second kappa shape index (κ2) is 8.24. The quantitative estimate of drug-likeness (QED) is 0.635. The maximum Gasteiger partial charge on any atom is 0.327 e. The zero-order valence-corrected chi connectivity index (χ0v) is 18.8. The maximum atomic E-state index is 12.5. The van der Waals surface area contributed by atoms with Gasteiger partial charge in [-0.1, -0.05) is 12.1 Å². The van der Waals surface area contributed by atoms with E-state index in [9.17, 15) is 24.6 Å². The molecule has 8 nitrogen and oxygen atoms in total. The van der Waals surface area contributed by atoms with Gasteiger partial charge in [0.15, 0.2) is 0 Å². The van der Waals surface area contributed by atoms with E-state index in [2.05, 4.69) is 0 Å². The van der Waals surface area contributed by atoms with Gasteiger partial charge in [0, 0.05) is 31.0 Å². The van der Waals surface area contributed by atoms with Crippen LogP contribution in [0.4, 0.5) is 4.79 Å². The van der Waals surface area contributed by atoms with Gasteiger partial charge in [-0.15, -0.1) is 0 Å². The average Bonchev–Trinajstić information content (AvgIpc) is 3.20. The number of imide groups is 1. The third-order valence-corrected chi connectivity index (χ3v) is 7.05. The highest BCUT2D eigenvalue weighted by Gasteiger charge is 2.49. The molecule has 2 aliphatic rings. The molecule has 172 valence electrons. The molecule has 0 radical (unpaired) electrons. The highest BCUT2D eigenvalue weighted by Crippen LogP contribution is 2.34. The molecule has 0 spiro atoms. The van der Waals surface area contributed by atoms with Crippen molar-refractivity contribution in [3.8, 4) is 0 Å². The van der Waals surface area contributed by atoms with Crippen LogP contribution < -0.4 is 0 Å². The van der Waals surface area contributed by atoms with Gasteiger partial charge in [-0.05, 0) is 57.6 Å². The summed E-state index contributed by atoms with van der Waals surface area (Å²) < 4.78 is 5.99. The van der Waals surface area contributed by atoms with Crippen molar-refractivity contribution in [1.29, 1.82) is 0 Å². The van der Waals surface area contributed by atoms with Crippen molar-refractivity contribution in [2.24, 2.45) is 5.92 Å². The number of amides is 3. The van der Waals surface area contributed by atoms with E-state index in [1.54, 1.807) is 27.0 Å². The first-order valence-electron chi connectivity index (χ1n) is 11.2. The number of carbonyl (C=O) groups is 3. The van der Waals surface area contributed by atoms with Crippen LogP contribution in [-0.2, 0) is 22.4 Å². The second-order valence-corrected chi connectivity index (χ2v) is 9.40. The van der Waals surface area contributed by atoms with Crippen molar-refractivity contribution in [2.45, 2.75) is 64.0 Å². The van der Waals surface area contributed by atoms with Crippen LogP contribution in [0.5, 0.6) is 0 Å². The van der Waals surface area contributed by atoms with Crippen molar-refractivity contribution in [2.75, 3.05) is 13.6 Å². The number of aliphatic hydroxyl groups is 1. The number of hydrogen-bond acceptors (Lipinski definition) is 5. The SMILES string of the molecule is CN1C(=O)N(CCC(CC(O)c2ccc3c4c(oc3c2)CCCC4)C(=O)O)C(=O)C1(C)C. The van der Waals surface area contributed by atoms with Crippen molar-refractivity contribution in [3.63, 3.8) is 0 Å².